The molecule has 0 spiro atoms. The lowest BCUT2D eigenvalue weighted by Crippen LogP contribution is -2.20. The van der Waals surface area contributed by atoms with Gasteiger partial charge in [-0.25, -0.2) is 9.37 Å². The number of halogens is 1. The summed E-state index contributed by atoms with van der Waals surface area (Å²) in [5.74, 6) is 1.04. The Balaban J connectivity index is 1.78. The van der Waals surface area contributed by atoms with E-state index in [0.29, 0.717) is 22.8 Å². The standard InChI is InChI=1S/C27H28FN5O2/c1-4-17-13-22(26(28)24(14-17)35-3)33(19-11-9-18(10-12-19)27(29)30)16-25-31-15-21(32-25)20-7-5-6-8-23(20)34-2/h5-15H,4,16H2,1-3H3,(H3,29,30)(H,31,32). The van der Waals surface area contributed by atoms with Crippen molar-refractivity contribution < 1.29 is 13.9 Å². The quantitative estimate of drug-likeness (QED) is 0.223. The number of rotatable bonds is 9. The molecule has 7 nitrogen and oxygen atoms in total. The molecule has 8 heteroatoms. The van der Waals surface area contributed by atoms with Gasteiger partial charge in [0.2, 0.25) is 0 Å². The molecule has 0 aliphatic rings. The van der Waals surface area contributed by atoms with Crippen LogP contribution in [0.3, 0.4) is 0 Å². The van der Waals surface area contributed by atoms with Gasteiger partial charge < -0.3 is 25.1 Å². The summed E-state index contributed by atoms with van der Waals surface area (Å²) < 4.78 is 26.3. The first-order valence-corrected chi connectivity index (χ1v) is 11.2. The zero-order chi connectivity index (χ0) is 24.9. The fourth-order valence-electron chi connectivity index (χ4n) is 3.91. The molecule has 4 N–H and O–H groups in total. The van der Waals surface area contributed by atoms with Crippen molar-refractivity contribution >= 4 is 17.2 Å². The van der Waals surface area contributed by atoms with E-state index in [1.54, 1.807) is 25.3 Å². The van der Waals surface area contributed by atoms with Gasteiger partial charge in [0.25, 0.3) is 0 Å². The summed E-state index contributed by atoms with van der Waals surface area (Å²) >= 11 is 0. The van der Waals surface area contributed by atoms with Gasteiger partial charge in [-0.3, -0.25) is 5.41 Å². The summed E-state index contributed by atoms with van der Waals surface area (Å²) in [6.45, 7) is 2.27. The smallest absolute Gasteiger partial charge is 0.188 e. The highest BCUT2D eigenvalue weighted by molar-refractivity contribution is 5.95. The largest absolute Gasteiger partial charge is 0.496 e. The number of amidine groups is 1. The molecule has 0 radical (unpaired) electrons. The molecule has 0 saturated heterocycles. The lowest BCUT2D eigenvalue weighted by atomic mass is 10.1. The SMILES string of the molecule is CCc1cc(OC)c(F)c(N(Cc2nc(-c3ccccc3OC)c[nH]2)c2ccc(C(=N)N)cc2)c1. The van der Waals surface area contributed by atoms with E-state index in [-0.39, 0.29) is 18.1 Å². The number of nitrogen functional groups attached to an aromatic ring is 1. The number of imidazole rings is 1. The minimum Gasteiger partial charge on any atom is -0.496 e. The monoisotopic (exact) mass is 473 g/mol. The van der Waals surface area contributed by atoms with E-state index in [2.05, 4.69) is 4.98 Å². The van der Waals surface area contributed by atoms with Crippen LogP contribution >= 0.6 is 0 Å². The molecular formula is C27H28FN5O2. The van der Waals surface area contributed by atoms with Gasteiger partial charge in [-0.05, 0) is 60.5 Å². The Morgan fingerprint density at radius 2 is 1.77 bits per heavy atom. The molecule has 3 aromatic carbocycles. The number of hydrogen-bond acceptors (Lipinski definition) is 5. The van der Waals surface area contributed by atoms with Gasteiger partial charge in [-0.1, -0.05) is 19.1 Å². The number of anilines is 2. The summed E-state index contributed by atoms with van der Waals surface area (Å²) in [6.07, 6.45) is 2.53. The predicted octanol–water partition coefficient (Wildman–Crippen LogP) is 5.42. The average molecular weight is 474 g/mol. The highest BCUT2D eigenvalue weighted by atomic mass is 19.1. The van der Waals surface area contributed by atoms with Crippen molar-refractivity contribution in [2.75, 3.05) is 19.1 Å². The molecule has 0 aliphatic carbocycles. The number of benzene rings is 3. The predicted molar refractivity (Wildman–Crippen MR) is 136 cm³/mol. The molecule has 0 fully saturated rings. The zero-order valence-corrected chi connectivity index (χ0v) is 19.9. The van der Waals surface area contributed by atoms with Crippen LogP contribution in [0.25, 0.3) is 11.3 Å². The number of methoxy groups -OCH3 is 2. The molecule has 0 unspecified atom stereocenters. The van der Waals surface area contributed by atoms with Crippen LogP contribution in [0.2, 0.25) is 0 Å². The van der Waals surface area contributed by atoms with Crippen LogP contribution in [0.5, 0.6) is 11.5 Å². The number of hydrogen-bond donors (Lipinski definition) is 3. The Morgan fingerprint density at radius 3 is 2.43 bits per heavy atom. The van der Waals surface area contributed by atoms with E-state index >= 15 is 4.39 Å². The fourth-order valence-corrected chi connectivity index (χ4v) is 3.91. The Labute approximate surface area is 203 Å². The van der Waals surface area contributed by atoms with Gasteiger partial charge in [0.15, 0.2) is 11.6 Å². The van der Waals surface area contributed by atoms with Crippen molar-refractivity contribution in [3.05, 3.63) is 89.6 Å². The Hall–Kier alpha value is -4.33. The van der Waals surface area contributed by atoms with Crippen molar-refractivity contribution in [1.82, 2.24) is 9.97 Å². The van der Waals surface area contributed by atoms with E-state index in [4.69, 9.17) is 25.6 Å². The minimum absolute atomic E-state index is 0.0311. The fraction of sp³-hybridized carbons (Fsp3) is 0.185. The zero-order valence-electron chi connectivity index (χ0n) is 19.9. The number of nitrogens with zero attached hydrogens (tertiary/aromatic N) is 2. The Morgan fingerprint density at radius 1 is 1.06 bits per heavy atom. The lowest BCUT2D eigenvalue weighted by molar-refractivity contribution is 0.386. The van der Waals surface area contributed by atoms with Crippen LogP contribution in [0.1, 0.15) is 23.9 Å². The van der Waals surface area contributed by atoms with E-state index in [1.165, 1.54) is 7.11 Å². The maximum atomic E-state index is 15.5. The van der Waals surface area contributed by atoms with E-state index in [0.717, 1.165) is 28.9 Å². The Bertz CT molecular complexity index is 1330. The summed E-state index contributed by atoms with van der Waals surface area (Å²) in [5.41, 5.74) is 9.83. The molecule has 0 saturated carbocycles. The third-order valence-corrected chi connectivity index (χ3v) is 5.81. The molecule has 1 aromatic heterocycles. The maximum absolute atomic E-state index is 15.5. The second-order valence-electron chi connectivity index (χ2n) is 7.96. The molecule has 0 amide bonds. The number of para-hydroxylation sites is 1. The molecule has 180 valence electrons. The molecule has 0 atom stereocenters. The first-order chi connectivity index (χ1) is 16.9. The molecule has 1 heterocycles. The average Bonchev–Trinajstić information content (AvgIpc) is 3.36. The first-order valence-electron chi connectivity index (χ1n) is 11.2. The number of ether oxygens (including phenoxy) is 2. The van der Waals surface area contributed by atoms with Crippen LogP contribution in [0.4, 0.5) is 15.8 Å². The number of nitrogens with one attached hydrogen (secondary N) is 2. The second-order valence-corrected chi connectivity index (χ2v) is 7.96. The van der Waals surface area contributed by atoms with Gasteiger partial charge in [-0.15, -0.1) is 0 Å². The highest BCUT2D eigenvalue weighted by Gasteiger charge is 2.21. The molecule has 35 heavy (non-hydrogen) atoms. The first kappa shape index (κ1) is 23.8. The highest BCUT2D eigenvalue weighted by Crippen LogP contribution is 2.36. The van der Waals surface area contributed by atoms with Gasteiger partial charge in [0.1, 0.15) is 17.4 Å². The molecule has 0 bridgehead atoms. The van der Waals surface area contributed by atoms with E-state index in [9.17, 15) is 0 Å². The summed E-state index contributed by atoms with van der Waals surface area (Å²) in [6, 6.07) is 18.3. The number of H-pyrrole nitrogens is 1. The maximum Gasteiger partial charge on any atom is 0.188 e. The van der Waals surface area contributed by atoms with Gasteiger partial charge in [0.05, 0.1) is 32.1 Å². The summed E-state index contributed by atoms with van der Waals surface area (Å²) in [5, 5.41) is 7.68. The van der Waals surface area contributed by atoms with Crippen LogP contribution in [-0.2, 0) is 13.0 Å². The van der Waals surface area contributed by atoms with Crippen LogP contribution < -0.4 is 20.1 Å². The number of aryl methyl sites for hydroxylation is 1. The van der Waals surface area contributed by atoms with Crippen molar-refractivity contribution in [2.45, 2.75) is 19.9 Å². The minimum atomic E-state index is -0.461. The molecule has 4 rings (SSSR count). The second kappa shape index (κ2) is 10.3. The summed E-state index contributed by atoms with van der Waals surface area (Å²) in [7, 11) is 3.08. The van der Waals surface area contributed by atoms with Crippen LogP contribution in [-0.4, -0.2) is 30.0 Å². The molecular weight excluding hydrogens is 445 g/mol. The number of aromatic nitrogens is 2. The van der Waals surface area contributed by atoms with E-state index in [1.807, 2.05) is 60.5 Å². The van der Waals surface area contributed by atoms with Gasteiger partial charge in [0, 0.05) is 23.0 Å². The number of nitrogens with two attached hydrogens (primary N) is 1. The lowest BCUT2D eigenvalue weighted by Gasteiger charge is -2.26. The van der Waals surface area contributed by atoms with Gasteiger partial charge >= 0.3 is 0 Å². The summed E-state index contributed by atoms with van der Waals surface area (Å²) in [4.78, 5) is 9.80. The number of aromatic amines is 1. The van der Waals surface area contributed by atoms with E-state index < -0.39 is 5.82 Å². The van der Waals surface area contributed by atoms with Crippen molar-refractivity contribution in [3.8, 4) is 22.8 Å². The normalized spacial score (nSPS) is 10.7. The van der Waals surface area contributed by atoms with Crippen molar-refractivity contribution in [3.63, 3.8) is 0 Å². The Kier molecular flexibility index (Phi) is 7.01. The van der Waals surface area contributed by atoms with Crippen LogP contribution in [0.15, 0.2) is 66.9 Å². The topological polar surface area (TPSA) is 100 Å². The van der Waals surface area contributed by atoms with Crippen molar-refractivity contribution in [2.24, 2.45) is 5.73 Å². The molecule has 4 aromatic rings. The third-order valence-electron chi connectivity index (χ3n) is 5.81. The third kappa shape index (κ3) is 4.96. The van der Waals surface area contributed by atoms with Crippen LogP contribution in [0, 0.1) is 11.2 Å². The van der Waals surface area contributed by atoms with Gasteiger partial charge in [-0.2, -0.15) is 0 Å². The molecule has 0 aliphatic heterocycles. The van der Waals surface area contributed by atoms with Crippen molar-refractivity contribution in [1.29, 1.82) is 5.41 Å².